The highest BCUT2D eigenvalue weighted by molar-refractivity contribution is 5.93. The number of nitrogens with one attached hydrogen (secondary N) is 2. The Morgan fingerprint density at radius 1 is 1.02 bits per heavy atom. The molecule has 1 aliphatic heterocycles. The van der Waals surface area contributed by atoms with Crippen molar-refractivity contribution in [2.24, 2.45) is 0 Å². The quantitative estimate of drug-likeness (QED) is 0.210. The van der Waals surface area contributed by atoms with E-state index in [1.807, 2.05) is 27.7 Å². The van der Waals surface area contributed by atoms with E-state index in [2.05, 4.69) is 29.0 Å². The summed E-state index contributed by atoms with van der Waals surface area (Å²) in [5.41, 5.74) is 2.36. The van der Waals surface area contributed by atoms with Crippen LogP contribution in [0.3, 0.4) is 0 Å². The smallest absolute Gasteiger partial charge is 0.341 e. The molecule has 12 heteroatoms. The molecule has 4 aromatic rings. The number of aromatic amines is 1. The summed E-state index contributed by atoms with van der Waals surface area (Å²) in [7, 11) is 0. The van der Waals surface area contributed by atoms with Crippen LogP contribution in [0.15, 0.2) is 57.0 Å². The fourth-order valence-electron chi connectivity index (χ4n) is 6.31. The van der Waals surface area contributed by atoms with Crippen LogP contribution in [0.2, 0.25) is 0 Å². The van der Waals surface area contributed by atoms with Gasteiger partial charge >= 0.3 is 11.7 Å². The van der Waals surface area contributed by atoms with Gasteiger partial charge in [0, 0.05) is 62.1 Å². The summed E-state index contributed by atoms with van der Waals surface area (Å²) in [4.78, 5) is 56.9. The number of unbranched alkanes of at least 4 members (excludes halogenated alkanes) is 1. The van der Waals surface area contributed by atoms with Crippen LogP contribution in [0.25, 0.3) is 10.9 Å². The van der Waals surface area contributed by atoms with Crippen molar-refractivity contribution in [3.8, 4) is 0 Å². The van der Waals surface area contributed by atoms with Gasteiger partial charge in [-0.05, 0) is 81.0 Å². The van der Waals surface area contributed by atoms with Crippen LogP contribution < -0.4 is 26.9 Å². The Balaban J connectivity index is 1.04. The number of halogens is 1. The monoisotopic (exact) mass is 630 g/mol. The van der Waals surface area contributed by atoms with E-state index in [1.54, 1.807) is 6.07 Å². The number of hydrogen-bond acceptors (Lipinski definition) is 7. The lowest BCUT2D eigenvalue weighted by Gasteiger charge is -2.36. The molecule has 0 bridgehead atoms. The number of carbonyl (C=O) groups is 1. The molecule has 46 heavy (non-hydrogen) atoms. The fraction of sp³-hybridized carbons (Fsp3) is 0.412. The number of rotatable bonds is 11. The minimum absolute atomic E-state index is 0.0902. The molecule has 2 fully saturated rings. The predicted octanol–water partition coefficient (Wildman–Crippen LogP) is 4.24. The van der Waals surface area contributed by atoms with Gasteiger partial charge in [0.05, 0.1) is 11.2 Å². The lowest BCUT2D eigenvalue weighted by molar-refractivity contribution is 0.0695. The molecule has 3 heterocycles. The summed E-state index contributed by atoms with van der Waals surface area (Å²) in [5.74, 6) is -1.49. The maximum atomic E-state index is 15.3. The number of benzene rings is 2. The molecule has 2 aliphatic rings. The van der Waals surface area contributed by atoms with Crippen molar-refractivity contribution in [1.29, 1.82) is 0 Å². The average Bonchev–Trinajstić information content (AvgIpc) is 3.87. The van der Waals surface area contributed by atoms with E-state index >= 15 is 4.39 Å². The number of pyridine rings is 1. The van der Waals surface area contributed by atoms with Crippen LogP contribution in [0.1, 0.15) is 60.1 Å². The Kier molecular flexibility index (Phi) is 8.81. The zero-order valence-corrected chi connectivity index (χ0v) is 26.1. The normalized spacial score (nSPS) is 15.4. The van der Waals surface area contributed by atoms with Crippen LogP contribution in [0.4, 0.5) is 21.6 Å². The third-order valence-corrected chi connectivity index (χ3v) is 9.12. The first-order chi connectivity index (χ1) is 22.1. The largest absolute Gasteiger partial charge is 0.477 e. The van der Waals surface area contributed by atoms with Gasteiger partial charge in [-0.3, -0.25) is 24.0 Å². The van der Waals surface area contributed by atoms with Gasteiger partial charge in [-0.15, -0.1) is 0 Å². The first-order valence-corrected chi connectivity index (χ1v) is 15.9. The van der Waals surface area contributed by atoms with E-state index < -0.39 is 22.9 Å². The number of carboxylic acid groups (broad SMARTS) is 1. The van der Waals surface area contributed by atoms with Crippen molar-refractivity contribution < 1.29 is 14.3 Å². The lowest BCUT2D eigenvalue weighted by atomic mass is 10.1. The van der Waals surface area contributed by atoms with Crippen LogP contribution in [-0.2, 0) is 13.0 Å². The summed E-state index contributed by atoms with van der Waals surface area (Å²) in [6, 6.07) is 10.3. The van der Waals surface area contributed by atoms with Gasteiger partial charge in [0.2, 0.25) is 5.43 Å². The van der Waals surface area contributed by atoms with Crippen molar-refractivity contribution in [3.05, 3.63) is 96.2 Å². The molecule has 242 valence electrons. The molecule has 1 saturated heterocycles. The number of aromatic nitrogens is 3. The molecule has 11 nitrogen and oxygen atoms in total. The highest BCUT2D eigenvalue weighted by Gasteiger charge is 2.28. The van der Waals surface area contributed by atoms with E-state index in [4.69, 9.17) is 0 Å². The van der Waals surface area contributed by atoms with Gasteiger partial charge in [-0.2, -0.15) is 0 Å². The van der Waals surface area contributed by atoms with Crippen molar-refractivity contribution >= 4 is 34.1 Å². The second-order valence-electron chi connectivity index (χ2n) is 12.3. The van der Waals surface area contributed by atoms with Gasteiger partial charge < -0.3 is 19.9 Å². The third kappa shape index (κ3) is 6.48. The minimum Gasteiger partial charge on any atom is -0.477 e. The molecule has 2 aromatic heterocycles. The van der Waals surface area contributed by atoms with Crippen LogP contribution in [0, 0.1) is 12.7 Å². The van der Waals surface area contributed by atoms with E-state index in [1.165, 1.54) is 34.0 Å². The number of aromatic carboxylic acids is 1. The summed E-state index contributed by atoms with van der Waals surface area (Å²) in [5, 5.41) is 12.7. The van der Waals surface area contributed by atoms with Crippen LogP contribution in [-0.4, -0.2) is 62.8 Å². The van der Waals surface area contributed by atoms with E-state index in [-0.39, 0.29) is 22.6 Å². The highest BCUT2D eigenvalue weighted by atomic mass is 19.1. The molecular formula is C34H39FN6O5. The number of H-pyrrole nitrogens is 1. The first kappa shape index (κ1) is 31.3. The van der Waals surface area contributed by atoms with E-state index in [9.17, 15) is 24.3 Å². The van der Waals surface area contributed by atoms with Crippen molar-refractivity contribution in [2.75, 3.05) is 42.9 Å². The maximum Gasteiger partial charge on any atom is 0.341 e. The predicted molar refractivity (Wildman–Crippen MR) is 176 cm³/mol. The first-order valence-electron chi connectivity index (χ1n) is 15.9. The van der Waals surface area contributed by atoms with Gasteiger partial charge in [0.1, 0.15) is 17.2 Å². The van der Waals surface area contributed by atoms with Crippen molar-refractivity contribution in [3.63, 3.8) is 0 Å². The van der Waals surface area contributed by atoms with E-state index in [0.717, 1.165) is 37.9 Å². The molecule has 2 aromatic carbocycles. The zero-order chi connectivity index (χ0) is 32.5. The van der Waals surface area contributed by atoms with Gasteiger partial charge in [0.15, 0.2) is 0 Å². The standard InChI is InChI=1S/C34H39FN6O5/c1-3-22-16-23(7-6-21(22)2)36-30-19-31(42)40(34(46)37-30)11-5-4-10-38-12-14-39(15-13-38)29-18-28-25(17-27(29)35)32(43)26(33(44)45)20-41(28)24-8-9-24/h6-7,16-20,24,36H,3-5,8-15H2,1-2H3,(H,37,46)(H,44,45). The van der Waals surface area contributed by atoms with Crippen molar-refractivity contribution in [2.45, 2.75) is 58.5 Å². The maximum absolute atomic E-state index is 15.3. The topological polar surface area (TPSA) is 133 Å². The molecular weight excluding hydrogens is 591 g/mol. The summed E-state index contributed by atoms with van der Waals surface area (Å²) in [6.07, 6.45) is 5.51. The summed E-state index contributed by atoms with van der Waals surface area (Å²) >= 11 is 0. The molecule has 1 aliphatic carbocycles. The molecule has 0 amide bonds. The van der Waals surface area contributed by atoms with Gasteiger partial charge in [-0.25, -0.2) is 14.0 Å². The molecule has 6 rings (SSSR count). The molecule has 0 atom stereocenters. The Labute approximate surface area is 264 Å². The minimum atomic E-state index is -1.31. The SMILES string of the molecule is CCc1cc(Nc2cc(=O)n(CCCCN3CCN(c4cc5c(cc4F)c(=O)c(C(=O)O)cn5C4CC4)CC3)c(=O)[nH]2)ccc1C. The van der Waals surface area contributed by atoms with Gasteiger partial charge in [-0.1, -0.05) is 13.0 Å². The summed E-state index contributed by atoms with van der Waals surface area (Å²) in [6.45, 7) is 7.85. The molecule has 3 N–H and O–H groups in total. The third-order valence-electron chi connectivity index (χ3n) is 9.12. The van der Waals surface area contributed by atoms with Crippen LogP contribution >= 0.6 is 0 Å². The summed E-state index contributed by atoms with van der Waals surface area (Å²) < 4.78 is 18.3. The molecule has 0 radical (unpaired) electrons. The van der Waals surface area contributed by atoms with Gasteiger partial charge in [0.25, 0.3) is 5.56 Å². The lowest BCUT2D eigenvalue weighted by Crippen LogP contribution is -2.47. The Morgan fingerprint density at radius 2 is 1.76 bits per heavy atom. The highest BCUT2D eigenvalue weighted by Crippen LogP contribution is 2.38. The number of anilines is 3. The number of fused-ring (bicyclic) bond motifs is 1. The molecule has 0 unspecified atom stereocenters. The molecule has 0 spiro atoms. The van der Waals surface area contributed by atoms with E-state index in [0.29, 0.717) is 56.2 Å². The number of aryl methyl sites for hydroxylation is 2. The van der Waals surface area contributed by atoms with Crippen molar-refractivity contribution in [1.82, 2.24) is 19.0 Å². The molecule has 1 saturated carbocycles. The number of carboxylic acids is 1. The number of hydrogen-bond donors (Lipinski definition) is 3. The Hall–Kier alpha value is -4.71. The van der Waals surface area contributed by atoms with Crippen LogP contribution in [0.5, 0.6) is 0 Å². The fourth-order valence-corrected chi connectivity index (χ4v) is 6.31. The number of piperazine rings is 1. The second kappa shape index (κ2) is 13.0. The zero-order valence-electron chi connectivity index (χ0n) is 26.1. The Morgan fingerprint density at radius 3 is 2.43 bits per heavy atom. The average molecular weight is 631 g/mol. The second-order valence-corrected chi connectivity index (χ2v) is 12.3. The number of nitrogens with zero attached hydrogens (tertiary/aromatic N) is 4. The Bertz CT molecular complexity index is 1940.